The lowest BCUT2D eigenvalue weighted by atomic mass is 10.2. The summed E-state index contributed by atoms with van der Waals surface area (Å²) < 4.78 is 0. The van der Waals surface area contributed by atoms with Gasteiger partial charge in [0.2, 0.25) is 0 Å². The number of aliphatic imine (C=N–C) groups is 1. The van der Waals surface area contributed by atoms with Crippen LogP contribution in [0.1, 0.15) is 0 Å². The summed E-state index contributed by atoms with van der Waals surface area (Å²) in [5.41, 5.74) is 2.11. The minimum atomic E-state index is 0.302. The standard InChI is InChI=1S/C10H11N3O/c14-7-1-2-9-8(5-7)12-6-10-11-3-4-13(9)10/h1-2,5,12,14H,3-4,6H2. The van der Waals surface area contributed by atoms with Crippen molar-refractivity contribution in [1.29, 1.82) is 0 Å². The molecule has 0 bridgehead atoms. The van der Waals surface area contributed by atoms with Gasteiger partial charge >= 0.3 is 0 Å². The zero-order valence-corrected chi connectivity index (χ0v) is 7.70. The van der Waals surface area contributed by atoms with E-state index < -0.39 is 0 Å². The van der Waals surface area contributed by atoms with Gasteiger partial charge in [-0.2, -0.15) is 0 Å². The highest BCUT2D eigenvalue weighted by molar-refractivity contribution is 6.07. The van der Waals surface area contributed by atoms with Crippen molar-refractivity contribution in [2.75, 3.05) is 29.9 Å². The quantitative estimate of drug-likeness (QED) is 0.641. The molecule has 1 aromatic rings. The molecule has 14 heavy (non-hydrogen) atoms. The Labute approximate surface area is 81.9 Å². The van der Waals surface area contributed by atoms with E-state index in [1.807, 2.05) is 6.07 Å². The number of benzene rings is 1. The molecule has 2 aliphatic heterocycles. The summed E-state index contributed by atoms with van der Waals surface area (Å²) in [7, 11) is 0. The van der Waals surface area contributed by atoms with Crippen molar-refractivity contribution in [3.05, 3.63) is 18.2 Å². The maximum absolute atomic E-state index is 9.34. The summed E-state index contributed by atoms with van der Waals surface area (Å²) in [5, 5.41) is 12.6. The number of amidine groups is 1. The van der Waals surface area contributed by atoms with Crippen molar-refractivity contribution in [3.8, 4) is 5.75 Å². The summed E-state index contributed by atoms with van der Waals surface area (Å²) in [6.45, 7) is 2.59. The van der Waals surface area contributed by atoms with Gasteiger partial charge in [-0.3, -0.25) is 4.99 Å². The lowest BCUT2D eigenvalue weighted by Gasteiger charge is -2.29. The highest BCUT2D eigenvalue weighted by Gasteiger charge is 2.25. The molecule has 0 unspecified atom stereocenters. The van der Waals surface area contributed by atoms with E-state index in [1.54, 1.807) is 12.1 Å². The number of anilines is 2. The fourth-order valence-corrected chi connectivity index (χ4v) is 1.98. The second-order valence-electron chi connectivity index (χ2n) is 3.50. The first-order chi connectivity index (χ1) is 6.84. The van der Waals surface area contributed by atoms with Gasteiger partial charge in [0.1, 0.15) is 11.6 Å². The van der Waals surface area contributed by atoms with Crippen LogP contribution in [0.15, 0.2) is 23.2 Å². The van der Waals surface area contributed by atoms with Gasteiger partial charge in [-0.1, -0.05) is 0 Å². The van der Waals surface area contributed by atoms with Crippen LogP contribution in [0.2, 0.25) is 0 Å². The molecule has 2 aliphatic rings. The van der Waals surface area contributed by atoms with Crippen LogP contribution in [0, 0.1) is 0 Å². The SMILES string of the molecule is Oc1ccc2c(c1)NCC1=NCCN12. The molecular weight excluding hydrogens is 178 g/mol. The average Bonchev–Trinajstić information content (AvgIpc) is 2.65. The summed E-state index contributed by atoms with van der Waals surface area (Å²) in [6, 6.07) is 5.39. The normalized spacial score (nSPS) is 18.3. The summed E-state index contributed by atoms with van der Waals surface area (Å²) in [4.78, 5) is 6.60. The van der Waals surface area contributed by atoms with Gasteiger partial charge in [-0.25, -0.2) is 0 Å². The molecule has 4 heteroatoms. The minimum absolute atomic E-state index is 0.302. The molecule has 0 atom stereocenters. The number of rotatable bonds is 0. The molecule has 2 N–H and O–H groups in total. The molecule has 0 saturated heterocycles. The Bertz CT molecular complexity index is 414. The molecular formula is C10H11N3O. The minimum Gasteiger partial charge on any atom is -0.508 e. The fraction of sp³-hybridized carbons (Fsp3) is 0.300. The number of nitrogens with zero attached hydrogens (tertiary/aromatic N) is 2. The molecule has 0 aromatic heterocycles. The van der Waals surface area contributed by atoms with E-state index in [0.717, 1.165) is 36.8 Å². The Morgan fingerprint density at radius 3 is 3.29 bits per heavy atom. The van der Waals surface area contributed by atoms with Crippen LogP contribution in [0.25, 0.3) is 0 Å². The smallest absolute Gasteiger partial charge is 0.123 e. The Morgan fingerprint density at radius 1 is 1.43 bits per heavy atom. The van der Waals surface area contributed by atoms with Crippen molar-refractivity contribution in [2.45, 2.75) is 0 Å². The Hall–Kier alpha value is -1.71. The van der Waals surface area contributed by atoms with Crippen molar-refractivity contribution in [1.82, 2.24) is 0 Å². The Balaban J connectivity index is 2.11. The lowest BCUT2D eigenvalue weighted by molar-refractivity contribution is 0.475. The maximum Gasteiger partial charge on any atom is 0.123 e. The van der Waals surface area contributed by atoms with Gasteiger partial charge in [0.25, 0.3) is 0 Å². The van der Waals surface area contributed by atoms with Gasteiger partial charge in [-0.05, 0) is 12.1 Å². The first-order valence-corrected chi connectivity index (χ1v) is 4.72. The van der Waals surface area contributed by atoms with Crippen LogP contribution < -0.4 is 10.2 Å². The number of aromatic hydroxyl groups is 1. The largest absolute Gasteiger partial charge is 0.508 e. The summed E-state index contributed by atoms with van der Waals surface area (Å²) in [5.74, 6) is 1.40. The second-order valence-corrected chi connectivity index (χ2v) is 3.50. The number of hydrogen-bond donors (Lipinski definition) is 2. The third-order valence-corrected chi connectivity index (χ3v) is 2.64. The maximum atomic E-state index is 9.34. The zero-order valence-electron chi connectivity index (χ0n) is 7.70. The molecule has 4 nitrogen and oxygen atoms in total. The van der Waals surface area contributed by atoms with Crippen molar-refractivity contribution in [2.24, 2.45) is 4.99 Å². The van der Waals surface area contributed by atoms with E-state index in [9.17, 15) is 5.11 Å². The number of phenolic OH excluding ortho intramolecular Hbond substituents is 1. The summed E-state index contributed by atoms with van der Waals surface area (Å²) in [6.07, 6.45) is 0. The van der Waals surface area contributed by atoms with Gasteiger partial charge < -0.3 is 15.3 Å². The lowest BCUT2D eigenvalue weighted by Crippen LogP contribution is -2.36. The number of phenols is 1. The van der Waals surface area contributed by atoms with E-state index in [4.69, 9.17) is 0 Å². The summed E-state index contributed by atoms with van der Waals surface area (Å²) >= 11 is 0. The van der Waals surface area contributed by atoms with Crippen LogP contribution >= 0.6 is 0 Å². The highest BCUT2D eigenvalue weighted by Crippen LogP contribution is 2.33. The highest BCUT2D eigenvalue weighted by atomic mass is 16.3. The van der Waals surface area contributed by atoms with E-state index in [2.05, 4.69) is 15.2 Å². The van der Waals surface area contributed by atoms with Gasteiger partial charge in [0.05, 0.1) is 24.5 Å². The zero-order chi connectivity index (χ0) is 9.54. The molecule has 0 saturated carbocycles. The van der Waals surface area contributed by atoms with E-state index in [0.29, 0.717) is 5.75 Å². The van der Waals surface area contributed by atoms with Gasteiger partial charge in [0.15, 0.2) is 0 Å². The average molecular weight is 189 g/mol. The topological polar surface area (TPSA) is 47.9 Å². The number of nitrogens with one attached hydrogen (secondary N) is 1. The van der Waals surface area contributed by atoms with Crippen LogP contribution in [0.5, 0.6) is 5.75 Å². The number of hydrogen-bond acceptors (Lipinski definition) is 4. The second kappa shape index (κ2) is 2.64. The fourth-order valence-electron chi connectivity index (χ4n) is 1.98. The first-order valence-electron chi connectivity index (χ1n) is 4.72. The molecule has 3 rings (SSSR count). The van der Waals surface area contributed by atoms with Gasteiger partial charge in [-0.15, -0.1) is 0 Å². The molecule has 0 radical (unpaired) electrons. The van der Waals surface area contributed by atoms with Crippen LogP contribution in [-0.4, -0.2) is 30.6 Å². The van der Waals surface area contributed by atoms with Crippen molar-refractivity contribution < 1.29 is 5.11 Å². The van der Waals surface area contributed by atoms with E-state index in [1.165, 1.54) is 0 Å². The van der Waals surface area contributed by atoms with E-state index >= 15 is 0 Å². The molecule has 0 spiro atoms. The third-order valence-electron chi connectivity index (χ3n) is 2.64. The Kier molecular flexibility index (Phi) is 1.45. The Morgan fingerprint density at radius 2 is 2.36 bits per heavy atom. The predicted molar refractivity (Wildman–Crippen MR) is 56.2 cm³/mol. The molecule has 0 amide bonds. The molecule has 2 heterocycles. The predicted octanol–water partition coefficient (Wildman–Crippen LogP) is 1.04. The van der Waals surface area contributed by atoms with Crippen LogP contribution in [-0.2, 0) is 0 Å². The molecule has 0 aliphatic carbocycles. The molecule has 1 aromatic carbocycles. The first kappa shape index (κ1) is 7.67. The van der Waals surface area contributed by atoms with Crippen LogP contribution in [0.4, 0.5) is 11.4 Å². The molecule has 0 fully saturated rings. The monoisotopic (exact) mass is 189 g/mol. The number of fused-ring (bicyclic) bond motifs is 3. The molecule has 72 valence electrons. The van der Waals surface area contributed by atoms with Crippen molar-refractivity contribution >= 4 is 17.2 Å². The van der Waals surface area contributed by atoms with Crippen molar-refractivity contribution in [3.63, 3.8) is 0 Å². The van der Waals surface area contributed by atoms with E-state index in [-0.39, 0.29) is 0 Å². The van der Waals surface area contributed by atoms with Crippen LogP contribution in [0.3, 0.4) is 0 Å². The third kappa shape index (κ3) is 0.968. The van der Waals surface area contributed by atoms with Gasteiger partial charge in [0, 0.05) is 12.6 Å².